The fourth-order valence-corrected chi connectivity index (χ4v) is 2.51. The van der Waals surface area contributed by atoms with Crippen LogP contribution in [0.15, 0.2) is 32.4 Å². The minimum Gasteiger partial charge on any atom is -0.444 e. The van der Waals surface area contributed by atoms with E-state index in [1.807, 2.05) is 26.8 Å². The molecule has 0 aliphatic heterocycles. The Morgan fingerprint density at radius 2 is 2.00 bits per heavy atom. The summed E-state index contributed by atoms with van der Waals surface area (Å²) in [4.78, 5) is 20.3. The maximum atomic E-state index is 11.8. The minimum absolute atomic E-state index is 0. The van der Waals surface area contributed by atoms with Crippen LogP contribution in [0.3, 0.4) is 0 Å². The second kappa shape index (κ2) is 11.0. The molecule has 2 heterocycles. The lowest BCUT2D eigenvalue weighted by molar-refractivity contribution is 0.463. The summed E-state index contributed by atoms with van der Waals surface area (Å²) in [5.41, 5.74) is 1.96. The second-order valence-electron chi connectivity index (χ2n) is 5.97. The molecule has 0 aliphatic carbocycles. The van der Waals surface area contributed by atoms with E-state index >= 15 is 0 Å². The van der Waals surface area contributed by atoms with Gasteiger partial charge in [-0.2, -0.15) is 0 Å². The topological polar surface area (TPSA) is 84.5 Å². The van der Waals surface area contributed by atoms with Crippen molar-refractivity contribution in [3.8, 4) is 0 Å². The number of nitrogens with one attached hydrogen (secondary N) is 2. The van der Waals surface area contributed by atoms with Crippen molar-refractivity contribution >= 4 is 29.9 Å². The van der Waals surface area contributed by atoms with E-state index in [4.69, 9.17) is 4.42 Å². The van der Waals surface area contributed by atoms with E-state index in [0.29, 0.717) is 18.4 Å². The molecule has 0 fully saturated rings. The molecule has 144 valence electrons. The molecule has 0 radical (unpaired) electrons. The second-order valence-corrected chi connectivity index (χ2v) is 5.97. The molecule has 2 N–H and O–H groups in total. The molecule has 0 unspecified atom stereocenters. The lowest BCUT2D eigenvalue weighted by Gasteiger charge is -2.12. The molecule has 0 bridgehead atoms. The first-order chi connectivity index (χ1) is 12.0. The quantitative estimate of drug-likeness (QED) is 0.280. The Morgan fingerprint density at radius 1 is 1.23 bits per heavy atom. The highest BCUT2D eigenvalue weighted by atomic mass is 127. The highest BCUT2D eigenvalue weighted by molar-refractivity contribution is 14.0. The van der Waals surface area contributed by atoms with Gasteiger partial charge in [0.2, 0.25) is 5.89 Å². The number of hydrogen-bond acceptors (Lipinski definition) is 4. The molecule has 8 heteroatoms. The van der Waals surface area contributed by atoms with Crippen molar-refractivity contribution < 1.29 is 4.42 Å². The number of aliphatic imine (C=N–C) groups is 1. The number of halogens is 1. The van der Waals surface area contributed by atoms with Crippen LogP contribution in [0.5, 0.6) is 0 Å². The highest BCUT2D eigenvalue weighted by Crippen LogP contribution is 2.07. The predicted molar refractivity (Wildman–Crippen MR) is 114 cm³/mol. The molecule has 0 saturated heterocycles. The molecule has 0 spiro atoms. The van der Waals surface area contributed by atoms with E-state index in [0.717, 1.165) is 43.1 Å². The molecule has 0 atom stereocenters. The number of pyridine rings is 1. The summed E-state index contributed by atoms with van der Waals surface area (Å²) in [5, 5.41) is 6.44. The van der Waals surface area contributed by atoms with Gasteiger partial charge in [-0.25, -0.2) is 4.98 Å². The van der Waals surface area contributed by atoms with Crippen LogP contribution in [0, 0.1) is 20.8 Å². The zero-order chi connectivity index (χ0) is 18.2. The van der Waals surface area contributed by atoms with Gasteiger partial charge < -0.3 is 19.6 Å². The fraction of sp³-hybridized carbons (Fsp3) is 0.500. The first-order valence-electron chi connectivity index (χ1n) is 8.55. The monoisotopic (exact) mass is 473 g/mol. The Morgan fingerprint density at radius 3 is 2.62 bits per heavy atom. The van der Waals surface area contributed by atoms with Gasteiger partial charge in [0, 0.05) is 31.9 Å². The van der Waals surface area contributed by atoms with E-state index in [1.165, 1.54) is 0 Å². The van der Waals surface area contributed by atoms with Gasteiger partial charge in [0.05, 0.1) is 12.2 Å². The summed E-state index contributed by atoms with van der Waals surface area (Å²) < 4.78 is 7.34. The van der Waals surface area contributed by atoms with Gasteiger partial charge in [-0.3, -0.25) is 9.79 Å². The van der Waals surface area contributed by atoms with Crippen molar-refractivity contribution in [3.63, 3.8) is 0 Å². The maximum Gasteiger partial charge on any atom is 0.250 e. The Labute approximate surface area is 171 Å². The third kappa shape index (κ3) is 6.47. The summed E-state index contributed by atoms with van der Waals surface area (Å²) in [7, 11) is 1.73. The predicted octanol–water partition coefficient (Wildman–Crippen LogP) is 2.52. The number of aryl methyl sites for hydroxylation is 3. The van der Waals surface area contributed by atoms with E-state index in [1.54, 1.807) is 23.7 Å². The van der Waals surface area contributed by atoms with Gasteiger partial charge in [-0.15, -0.1) is 24.0 Å². The van der Waals surface area contributed by atoms with Crippen LogP contribution in [0.25, 0.3) is 0 Å². The number of aromatic nitrogens is 2. The Balaban J connectivity index is 0.00000338. The Hall–Kier alpha value is -1.84. The van der Waals surface area contributed by atoms with Crippen molar-refractivity contribution in [2.75, 3.05) is 13.6 Å². The summed E-state index contributed by atoms with van der Waals surface area (Å²) in [5.74, 6) is 2.20. The van der Waals surface area contributed by atoms with Crippen molar-refractivity contribution in [1.29, 1.82) is 0 Å². The van der Waals surface area contributed by atoms with Gasteiger partial charge in [-0.05, 0) is 39.7 Å². The van der Waals surface area contributed by atoms with Crippen molar-refractivity contribution in [2.24, 2.45) is 4.99 Å². The number of hydrogen-bond donors (Lipinski definition) is 2. The molecule has 0 aliphatic rings. The molecule has 2 rings (SSSR count). The third-order valence-electron chi connectivity index (χ3n) is 4.07. The van der Waals surface area contributed by atoms with Gasteiger partial charge in [-0.1, -0.05) is 6.07 Å². The SMILES string of the molecule is CN=C(NCCCCn1c(C)cccc1=O)NCc1nc(C)c(C)o1.I. The number of oxazole rings is 1. The highest BCUT2D eigenvalue weighted by Gasteiger charge is 2.06. The summed E-state index contributed by atoms with van der Waals surface area (Å²) in [6, 6.07) is 5.35. The van der Waals surface area contributed by atoms with Crippen molar-refractivity contribution in [1.82, 2.24) is 20.2 Å². The molecule has 26 heavy (non-hydrogen) atoms. The number of nitrogens with zero attached hydrogens (tertiary/aromatic N) is 3. The largest absolute Gasteiger partial charge is 0.444 e. The number of guanidine groups is 1. The van der Waals surface area contributed by atoms with Crippen LogP contribution >= 0.6 is 24.0 Å². The van der Waals surface area contributed by atoms with Crippen LogP contribution in [-0.4, -0.2) is 29.1 Å². The van der Waals surface area contributed by atoms with Gasteiger partial charge in [0.15, 0.2) is 5.96 Å². The normalized spacial score (nSPS) is 11.2. The summed E-state index contributed by atoms with van der Waals surface area (Å²) >= 11 is 0. The van der Waals surface area contributed by atoms with E-state index in [9.17, 15) is 4.79 Å². The molecule has 0 amide bonds. The zero-order valence-electron chi connectivity index (χ0n) is 15.8. The number of rotatable bonds is 7. The van der Waals surface area contributed by atoms with Crippen LogP contribution in [0.2, 0.25) is 0 Å². The van der Waals surface area contributed by atoms with Gasteiger partial charge in [0.1, 0.15) is 5.76 Å². The smallest absolute Gasteiger partial charge is 0.250 e. The third-order valence-corrected chi connectivity index (χ3v) is 4.07. The first kappa shape index (κ1) is 22.2. The Bertz CT molecular complexity index is 763. The molecule has 7 nitrogen and oxygen atoms in total. The Kier molecular flexibility index (Phi) is 9.39. The molecular weight excluding hydrogens is 445 g/mol. The summed E-state index contributed by atoms with van der Waals surface area (Å²) in [6.07, 6.45) is 1.87. The minimum atomic E-state index is 0. The first-order valence-corrected chi connectivity index (χ1v) is 8.55. The summed E-state index contributed by atoms with van der Waals surface area (Å²) in [6.45, 7) is 7.79. The van der Waals surface area contributed by atoms with Crippen molar-refractivity contribution in [3.05, 3.63) is 51.6 Å². The molecule has 2 aromatic rings. The van der Waals surface area contributed by atoms with E-state index in [-0.39, 0.29) is 29.5 Å². The lowest BCUT2D eigenvalue weighted by Crippen LogP contribution is -2.37. The van der Waals surface area contributed by atoms with E-state index in [2.05, 4.69) is 20.6 Å². The lowest BCUT2D eigenvalue weighted by atomic mass is 10.3. The maximum absolute atomic E-state index is 11.8. The molecule has 0 saturated carbocycles. The van der Waals surface area contributed by atoms with Crippen LogP contribution in [-0.2, 0) is 13.1 Å². The van der Waals surface area contributed by atoms with Crippen molar-refractivity contribution in [2.45, 2.75) is 46.7 Å². The van der Waals surface area contributed by atoms with Crippen LogP contribution in [0.1, 0.15) is 35.9 Å². The molecular formula is C18H28IN5O2. The van der Waals surface area contributed by atoms with Gasteiger partial charge >= 0.3 is 0 Å². The standard InChI is InChI=1S/C18H27N5O2.HI/c1-13-8-7-9-17(24)23(13)11-6-5-10-20-18(19-4)21-12-16-22-14(2)15(3)25-16;/h7-9H,5-6,10-12H2,1-4H3,(H2,19,20,21);1H. The fourth-order valence-electron chi connectivity index (χ4n) is 2.51. The van der Waals surface area contributed by atoms with Gasteiger partial charge in [0.25, 0.3) is 5.56 Å². The number of unbranched alkanes of at least 4 members (excludes halogenated alkanes) is 1. The molecule has 0 aromatic carbocycles. The van der Waals surface area contributed by atoms with E-state index < -0.39 is 0 Å². The average Bonchev–Trinajstić information content (AvgIpc) is 2.90. The average molecular weight is 473 g/mol. The van der Waals surface area contributed by atoms with Crippen LogP contribution < -0.4 is 16.2 Å². The zero-order valence-corrected chi connectivity index (χ0v) is 18.2. The molecule has 2 aromatic heterocycles. The van der Waals surface area contributed by atoms with Crippen LogP contribution in [0.4, 0.5) is 0 Å².